The van der Waals surface area contributed by atoms with E-state index in [0.717, 1.165) is 40.8 Å². The number of hydrogen-bond acceptors (Lipinski definition) is 11. The third-order valence-electron chi connectivity index (χ3n) is 6.18. The number of carboxylic acid groups (broad SMARTS) is 1. The monoisotopic (exact) mass is 562 g/mol. The lowest BCUT2D eigenvalue weighted by Crippen LogP contribution is -2.77. The van der Waals surface area contributed by atoms with Gasteiger partial charge in [-0.1, -0.05) is 11.6 Å². The lowest BCUT2D eigenvalue weighted by Gasteiger charge is -2.57. The van der Waals surface area contributed by atoms with Crippen molar-refractivity contribution in [2.45, 2.75) is 36.2 Å². The molecule has 0 aromatic carbocycles. The van der Waals surface area contributed by atoms with Gasteiger partial charge in [0.25, 0.3) is 11.3 Å². The zero-order chi connectivity index (χ0) is 25.9. The number of thioether (sulfide) groups is 1. The first-order valence-corrected chi connectivity index (χ1v) is 12.8. The summed E-state index contributed by atoms with van der Waals surface area (Å²) in [5.41, 5.74) is -2.76. The van der Waals surface area contributed by atoms with Crippen LogP contribution in [0.5, 0.6) is 0 Å². The Morgan fingerprint density at radius 3 is 2.69 bits per heavy atom. The van der Waals surface area contributed by atoms with E-state index in [4.69, 9.17) is 11.6 Å². The molecule has 2 saturated heterocycles. The minimum Gasteiger partial charge on any atom is -0.481 e. The second kappa shape index (κ2) is 8.99. The number of nitro groups is 1. The summed E-state index contributed by atoms with van der Waals surface area (Å²) >= 11 is 12.8. The summed E-state index contributed by atoms with van der Waals surface area (Å²) < 4.78 is 4.00. The first kappa shape index (κ1) is 25.8. The van der Waals surface area contributed by atoms with Gasteiger partial charge in [0.05, 0.1) is 15.7 Å². The number of thiol groups is 1. The average Bonchev–Trinajstić information content (AvgIpc) is 3.25. The van der Waals surface area contributed by atoms with Gasteiger partial charge < -0.3 is 10.0 Å². The number of amides is 2. The SMILES string of the molecule is CC(=O)N(C1C(=O)N2CC(C(=O)O)(C(S)C3(C)N=CSN3)CS[C@H]12)n1cc(Cl)c(=O)c([N+](=O)[O-])c1. The van der Waals surface area contributed by atoms with E-state index in [2.05, 4.69) is 22.3 Å². The van der Waals surface area contributed by atoms with E-state index in [1.807, 2.05) is 0 Å². The molecule has 4 unspecified atom stereocenters. The van der Waals surface area contributed by atoms with Crippen LogP contribution in [0.2, 0.25) is 5.02 Å². The van der Waals surface area contributed by atoms with Crippen molar-refractivity contribution in [3.63, 3.8) is 0 Å². The van der Waals surface area contributed by atoms with E-state index in [1.165, 1.54) is 16.8 Å². The number of carbonyl (C=O) groups is 3. The summed E-state index contributed by atoms with van der Waals surface area (Å²) in [6, 6.07) is -1.09. The van der Waals surface area contributed by atoms with Crippen molar-refractivity contribution in [2.24, 2.45) is 10.4 Å². The van der Waals surface area contributed by atoms with Crippen LogP contribution in [0.4, 0.5) is 5.69 Å². The van der Waals surface area contributed by atoms with Gasteiger partial charge in [0.2, 0.25) is 5.91 Å². The van der Waals surface area contributed by atoms with Crippen LogP contribution in [0.25, 0.3) is 0 Å². The summed E-state index contributed by atoms with van der Waals surface area (Å²) in [6.07, 6.45) is 1.85. The number of halogens is 1. The Bertz CT molecular complexity index is 1230. The number of carboxylic acids is 1. The molecule has 0 aliphatic carbocycles. The Kier molecular flexibility index (Phi) is 6.63. The Labute approximate surface area is 216 Å². The zero-order valence-electron chi connectivity index (χ0n) is 18.2. The lowest BCUT2D eigenvalue weighted by molar-refractivity contribution is -0.386. The molecule has 5 atom stereocenters. The van der Waals surface area contributed by atoms with E-state index in [9.17, 15) is 34.4 Å². The molecular weight excluding hydrogens is 544 g/mol. The number of aromatic nitrogens is 1. The van der Waals surface area contributed by atoms with Crippen molar-refractivity contribution in [3.05, 3.63) is 37.8 Å². The van der Waals surface area contributed by atoms with Gasteiger partial charge >= 0.3 is 11.7 Å². The van der Waals surface area contributed by atoms with Crippen LogP contribution in [0.1, 0.15) is 13.8 Å². The number of carbonyl (C=O) groups excluding carboxylic acids is 2. The third kappa shape index (κ3) is 4.00. The van der Waals surface area contributed by atoms with E-state index in [-0.39, 0.29) is 12.3 Å². The number of β-lactam (4-membered cyclic amide) rings is 1. The van der Waals surface area contributed by atoms with Crippen molar-refractivity contribution >= 4 is 77.0 Å². The number of nitrogens with one attached hydrogen (secondary N) is 1. The number of aliphatic carboxylic acids is 1. The van der Waals surface area contributed by atoms with Crippen molar-refractivity contribution in [1.82, 2.24) is 14.3 Å². The fourth-order valence-electron chi connectivity index (χ4n) is 4.32. The molecule has 3 aliphatic rings. The second-order valence-corrected chi connectivity index (χ2v) is 11.1. The van der Waals surface area contributed by atoms with Crippen LogP contribution in [-0.2, 0) is 14.4 Å². The second-order valence-electron chi connectivity index (χ2n) is 8.40. The summed E-state index contributed by atoms with van der Waals surface area (Å²) in [6.45, 7) is 2.71. The van der Waals surface area contributed by atoms with Crippen LogP contribution in [-0.4, -0.2) is 77.6 Å². The predicted molar refractivity (Wildman–Crippen MR) is 133 cm³/mol. The number of pyridine rings is 1. The molecule has 17 heteroatoms. The molecule has 0 radical (unpaired) electrons. The molecule has 3 aliphatic heterocycles. The normalized spacial score (nSPS) is 30.4. The van der Waals surface area contributed by atoms with Crippen molar-refractivity contribution in [2.75, 3.05) is 17.3 Å². The molecule has 13 nitrogen and oxygen atoms in total. The Hall–Kier alpha value is -2.27. The molecule has 0 saturated carbocycles. The van der Waals surface area contributed by atoms with Crippen LogP contribution >= 0.6 is 47.9 Å². The largest absolute Gasteiger partial charge is 0.481 e. The summed E-state index contributed by atoms with van der Waals surface area (Å²) in [4.78, 5) is 66.2. The fourth-order valence-corrected chi connectivity index (χ4v) is 7.50. The van der Waals surface area contributed by atoms with Crippen molar-refractivity contribution < 1.29 is 24.4 Å². The van der Waals surface area contributed by atoms with Gasteiger partial charge in [-0.25, -0.2) is 9.73 Å². The predicted octanol–water partition coefficient (Wildman–Crippen LogP) is 0.543. The van der Waals surface area contributed by atoms with Crippen LogP contribution in [0, 0.1) is 15.5 Å². The molecule has 4 heterocycles. The molecule has 1 aromatic heterocycles. The van der Waals surface area contributed by atoms with Crippen LogP contribution in [0.3, 0.4) is 0 Å². The van der Waals surface area contributed by atoms with Gasteiger partial charge in [0.15, 0.2) is 6.04 Å². The summed E-state index contributed by atoms with van der Waals surface area (Å²) in [5, 5.41) is 20.5. The number of nitrogens with zero attached hydrogens (tertiary/aromatic N) is 5. The van der Waals surface area contributed by atoms with E-state index in [1.54, 1.807) is 12.5 Å². The highest BCUT2D eigenvalue weighted by Gasteiger charge is 2.63. The molecular formula is C18H19ClN6O7S3. The smallest absolute Gasteiger partial charge is 0.335 e. The first-order valence-electron chi connectivity index (χ1n) is 10.0. The Morgan fingerprint density at radius 2 is 2.14 bits per heavy atom. The molecule has 1 aromatic rings. The molecule has 2 N–H and O–H groups in total. The Morgan fingerprint density at radius 1 is 1.46 bits per heavy atom. The first-order chi connectivity index (χ1) is 16.3. The van der Waals surface area contributed by atoms with Gasteiger partial charge in [0.1, 0.15) is 27.7 Å². The maximum atomic E-state index is 13.2. The standard InChI is InChI=1S/C18H19ClN6O7S3/c1-8(26)24(22-3-9(19)12(27)10(4-22)25(31)32)11-13(28)23-5-18(16(29)30,6-34-14(11)23)15(33)17(2)20-7-35-21-17/h3-4,7,11,14-15,21,33H,5-6H2,1-2H3,(H,29,30)/t11?,14-,15?,17?,18?/m1/s1. The van der Waals surface area contributed by atoms with Gasteiger partial charge in [-0.3, -0.25) is 39.0 Å². The number of hydrogen-bond donors (Lipinski definition) is 3. The van der Waals surface area contributed by atoms with Gasteiger partial charge in [0, 0.05) is 25.4 Å². The van der Waals surface area contributed by atoms with Crippen LogP contribution < -0.4 is 15.2 Å². The van der Waals surface area contributed by atoms with Gasteiger partial charge in [-0.2, -0.15) is 12.6 Å². The molecule has 4 rings (SSSR count). The van der Waals surface area contributed by atoms with E-state index < -0.39 is 66.6 Å². The summed E-state index contributed by atoms with van der Waals surface area (Å²) in [5.74, 6) is -2.26. The van der Waals surface area contributed by atoms with Crippen LogP contribution in [0.15, 0.2) is 22.2 Å². The number of rotatable bonds is 6. The molecule has 35 heavy (non-hydrogen) atoms. The lowest BCUT2D eigenvalue weighted by atomic mass is 9.78. The van der Waals surface area contributed by atoms with E-state index in [0.29, 0.717) is 0 Å². The molecule has 188 valence electrons. The molecule has 2 amide bonds. The quantitative estimate of drug-likeness (QED) is 0.146. The highest BCUT2D eigenvalue weighted by molar-refractivity contribution is 8.10. The maximum absolute atomic E-state index is 13.2. The topological polar surface area (TPSA) is 167 Å². The van der Waals surface area contributed by atoms with E-state index >= 15 is 0 Å². The van der Waals surface area contributed by atoms with Gasteiger partial charge in [-0.15, -0.1) is 11.8 Å². The molecule has 2 fully saturated rings. The minimum absolute atomic E-state index is 0.0652. The van der Waals surface area contributed by atoms with Crippen molar-refractivity contribution in [3.8, 4) is 0 Å². The average molecular weight is 563 g/mol. The number of aliphatic imine (C=N–C) groups is 1. The highest BCUT2D eigenvalue weighted by atomic mass is 35.5. The van der Waals surface area contributed by atoms with Gasteiger partial charge in [-0.05, 0) is 18.9 Å². The highest BCUT2D eigenvalue weighted by Crippen LogP contribution is 2.49. The Balaban J connectivity index is 1.66. The maximum Gasteiger partial charge on any atom is 0.335 e. The minimum atomic E-state index is -1.45. The molecule has 0 spiro atoms. The summed E-state index contributed by atoms with van der Waals surface area (Å²) in [7, 11) is 0. The molecule has 0 bridgehead atoms. The van der Waals surface area contributed by atoms with Crippen molar-refractivity contribution in [1.29, 1.82) is 0 Å². The fraction of sp³-hybridized carbons (Fsp3) is 0.500. The number of fused-ring (bicyclic) bond motifs is 1. The zero-order valence-corrected chi connectivity index (χ0v) is 21.4. The third-order valence-corrected chi connectivity index (χ3v) is 9.72.